The summed E-state index contributed by atoms with van der Waals surface area (Å²) in [4.78, 5) is 11.4. The van der Waals surface area contributed by atoms with Gasteiger partial charge in [-0.1, -0.05) is 18.2 Å². The van der Waals surface area contributed by atoms with E-state index in [1.54, 1.807) is 12.1 Å². The lowest BCUT2D eigenvalue weighted by Crippen LogP contribution is -2.35. The highest BCUT2D eigenvalue weighted by Gasteiger charge is 2.35. The highest BCUT2D eigenvalue weighted by Crippen LogP contribution is 2.36. The summed E-state index contributed by atoms with van der Waals surface area (Å²) in [6, 6.07) is 14.8. The topological polar surface area (TPSA) is 67.6 Å². The molecule has 1 atom stereocenters. The molecule has 1 aromatic heterocycles. The van der Waals surface area contributed by atoms with Gasteiger partial charge in [0.05, 0.1) is 10.6 Å². The largest absolute Gasteiger partial charge is 0.423 e. The Morgan fingerprint density at radius 3 is 2.71 bits per heavy atom. The van der Waals surface area contributed by atoms with Gasteiger partial charge in [-0.2, -0.15) is 0 Å². The van der Waals surface area contributed by atoms with Crippen LogP contribution in [-0.4, -0.2) is 14.5 Å². The van der Waals surface area contributed by atoms with Crippen LogP contribution in [0.25, 0.3) is 11.0 Å². The molecule has 5 nitrogen and oxygen atoms in total. The Kier molecular flexibility index (Phi) is 3.25. The molecule has 0 unspecified atom stereocenters. The number of rotatable bonds is 2. The van der Waals surface area contributed by atoms with Crippen molar-refractivity contribution in [3.63, 3.8) is 0 Å². The van der Waals surface area contributed by atoms with Crippen LogP contribution in [-0.2, 0) is 16.4 Å². The van der Waals surface area contributed by atoms with Crippen molar-refractivity contribution in [1.82, 2.24) is 0 Å². The summed E-state index contributed by atoms with van der Waals surface area (Å²) in [6.07, 6.45) is 0.692. The van der Waals surface area contributed by atoms with E-state index in [9.17, 15) is 13.2 Å². The first kappa shape index (κ1) is 15.0. The van der Waals surface area contributed by atoms with Gasteiger partial charge in [0.15, 0.2) is 0 Å². The third-order valence-corrected chi connectivity index (χ3v) is 6.22. The molecule has 4 rings (SSSR count). The predicted octanol–water partition coefficient (Wildman–Crippen LogP) is 2.93. The van der Waals surface area contributed by atoms with E-state index in [1.165, 1.54) is 22.5 Å². The minimum atomic E-state index is -3.69. The molecule has 0 fully saturated rings. The SMILES string of the molecule is C[C@H]1Cc2ccccc2N1S(=O)(=O)c1ccc2oc(=O)ccc2c1. The van der Waals surface area contributed by atoms with E-state index in [2.05, 4.69) is 0 Å². The number of nitrogens with zero attached hydrogens (tertiary/aromatic N) is 1. The molecular weight excluding hydrogens is 326 g/mol. The maximum atomic E-state index is 13.2. The summed E-state index contributed by atoms with van der Waals surface area (Å²) in [5.41, 5.74) is 1.67. The number of fused-ring (bicyclic) bond motifs is 2. The van der Waals surface area contributed by atoms with Crippen LogP contribution < -0.4 is 9.93 Å². The van der Waals surface area contributed by atoms with Crippen LogP contribution in [0.4, 0.5) is 5.69 Å². The molecule has 122 valence electrons. The molecule has 3 aromatic rings. The quantitative estimate of drug-likeness (QED) is 0.672. The fraction of sp³-hybridized carbons (Fsp3) is 0.167. The van der Waals surface area contributed by atoms with Gasteiger partial charge in [0, 0.05) is 17.5 Å². The monoisotopic (exact) mass is 341 g/mol. The van der Waals surface area contributed by atoms with Crippen molar-refractivity contribution in [3.05, 3.63) is 70.6 Å². The van der Waals surface area contributed by atoms with Gasteiger partial charge in [-0.15, -0.1) is 0 Å². The van der Waals surface area contributed by atoms with Crippen LogP contribution in [0.2, 0.25) is 0 Å². The number of sulfonamides is 1. The average Bonchev–Trinajstić information content (AvgIpc) is 2.90. The smallest absolute Gasteiger partial charge is 0.336 e. The molecule has 24 heavy (non-hydrogen) atoms. The standard InChI is InChI=1S/C18H15NO4S/c1-12-10-13-4-2-3-5-16(13)19(12)24(21,22)15-7-8-17-14(11-15)6-9-18(20)23-17/h2-9,11-12H,10H2,1H3/t12-/m0/s1. The first-order chi connectivity index (χ1) is 11.5. The van der Waals surface area contributed by atoms with Crippen molar-refractivity contribution < 1.29 is 12.8 Å². The van der Waals surface area contributed by atoms with E-state index in [4.69, 9.17) is 4.42 Å². The van der Waals surface area contributed by atoms with E-state index in [0.717, 1.165) is 11.3 Å². The molecular formula is C18H15NO4S. The second-order valence-electron chi connectivity index (χ2n) is 5.94. The first-order valence-corrected chi connectivity index (χ1v) is 9.07. The molecule has 0 bridgehead atoms. The van der Waals surface area contributed by atoms with Gasteiger partial charge >= 0.3 is 5.63 Å². The Hall–Kier alpha value is -2.60. The van der Waals surface area contributed by atoms with Crippen molar-refractivity contribution in [1.29, 1.82) is 0 Å². The van der Waals surface area contributed by atoms with E-state index < -0.39 is 15.6 Å². The van der Waals surface area contributed by atoms with E-state index >= 15 is 0 Å². The molecule has 1 aliphatic rings. The summed E-state index contributed by atoms with van der Waals surface area (Å²) in [5, 5.41) is 0.579. The molecule has 0 N–H and O–H groups in total. The van der Waals surface area contributed by atoms with E-state index in [-0.39, 0.29) is 10.9 Å². The highest BCUT2D eigenvalue weighted by molar-refractivity contribution is 7.92. The molecule has 0 aliphatic carbocycles. The third-order valence-electron chi connectivity index (χ3n) is 4.29. The predicted molar refractivity (Wildman–Crippen MR) is 91.8 cm³/mol. The minimum absolute atomic E-state index is 0.142. The summed E-state index contributed by atoms with van der Waals surface area (Å²) < 4.78 is 32.8. The number of para-hydroxylation sites is 1. The van der Waals surface area contributed by atoms with Gasteiger partial charge in [-0.3, -0.25) is 4.31 Å². The maximum absolute atomic E-state index is 13.2. The van der Waals surface area contributed by atoms with Gasteiger partial charge in [0.25, 0.3) is 10.0 Å². The molecule has 0 spiro atoms. The molecule has 0 saturated carbocycles. The first-order valence-electron chi connectivity index (χ1n) is 7.63. The highest BCUT2D eigenvalue weighted by atomic mass is 32.2. The zero-order valence-corrected chi connectivity index (χ0v) is 13.8. The third kappa shape index (κ3) is 2.22. The molecule has 0 amide bonds. The van der Waals surface area contributed by atoms with Crippen molar-refractivity contribution in [2.24, 2.45) is 0 Å². The van der Waals surface area contributed by atoms with Crippen molar-refractivity contribution >= 4 is 26.7 Å². The second-order valence-corrected chi connectivity index (χ2v) is 7.75. The van der Waals surface area contributed by atoms with Crippen LogP contribution in [0.3, 0.4) is 0 Å². The van der Waals surface area contributed by atoms with Crippen LogP contribution in [0, 0.1) is 0 Å². The second kappa shape index (κ2) is 5.21. The van der Waals surface area contributed by atoms with Crippen LogP contribution in [0.5, 0.6) is 0 Å². The maximum Gasteiger partial charge on any atom is 0.336 e. The van der Waals surface area contributed by atoms with Crippen LogP contribution >= 0.6 is 0 Å². The zero-order chi connectivity index (χ0) is 16.9. The Labute approximate surface area is 139 Å². The van der Waals surface area contributed by atoms with Gasteiger partial charge < -0.3 is 4.42 Å². The van der Waals surface area contributed by atoms with Crippen molar-refractivity contribution in [3.8, 4) is 0 Å². The van der Waals surface area contributed by atoms with E-state index in [0.29, 0.717) is 17.4 Å². The number of anilines is 1. The lowest BCUT2D eigenvalue weighted by atomic mass is 10.1. The Bertz CT molecular complexity index is 1100. The molecule has 0 saturated heterocycles. The van der Waals surface area contributed by atoms with E-state index in [1.807, 2.05) is 31.2 Å². The Morgan fingerprint density at radius 1 is 1.08 bits per heavy atom. The number of benzene rings is 2. The Morgan fingerprint density at radius 2 is 1.88 bits per heavy atom. The molecule has 6 heteroatoms. The van der Waals surface area contributed by atoms with Gasteiger partial charge in [0.2, 0.25) is 0 Å². The van der Waals surface area contributed by atoms with Gasteiger partial charge in [-0.05, 0) is 49.2 Å². The fourth-order valence-electron chi connectivity index (χ4n) is 3.23. The average molecular weight is 341 g/mol. The number of hydrogen-bond donors (Lipinski definition) is 0. The molecule has 2 heterocycles. The minimum Gasteiger partial charge on any atom is -0.423 e. The number of hydrogen-bond acceptors (Lipinski definition) is 4. The summed E-state index contributed by atoms with van der Waals surface area (Å²) in [6.45, 7) is 1.90. The Balaban J connectivity index is 1.86. The normalized spacial score (nSPS) is 17.2. The van der Waals surface area contributed by atoms with Crippen molar-refractivity contribution in [2.75, 3.05) is 4.31 Å². The lowest BCUT2D eigenvalue weighted by Gasteiger charge is -2.24. The summed E-state index contributed by atoms with van der Waals surface area (Å²) in [7, 11) is -3.69. The fourth-order valence-corrected chi connectivity index (χ4v) is 4.96. The molecule has 0 radical (unpaired) electrons. The summed E-state index contributed by atoms with van der Waals surface area (Å²) >= 11 is 0. The van der Waals surface area contributed by atoms with Crippen LogP contribution in [0.15, 0.2) is 68.7 Å². The summed E-state index contributed by atoms with van der Waals surface area (Å²) in [5.74, 6) is 0. The lowest BCUT2D eigenvalue weighted by molar-refractivity contribution is 0.560. The van der Waals surface area contributed by atoms with Crippen molar-refractivity contribution in [2.45, 2.75) is 24.3 Å². The van der Waals surface area contributed by atoms with Gasteiger partial charge in [-0.25, -0.2) is 13.2 Å². The van der Waals surface area contributed by atoms with Gasteiger partial charge in [0.1, 0.15) is 5.58 Å². The van der Waals surface area contributed by atoms with Crippen LogP contribution in [0.1, 0.15) is 12.5 Å². The molecule has 2 aromatic carbocycles. The molecule has 1 aliphatic heterocycles. The zero-order valence-electron chi connectivity index (χ0n) is 13.0.